The number of rotatable bonds is 9. The van der Waals surface area contributed by atoms with Crippen molar-refractivity contribution in [3.05, 3.63) is 71.0 Å². The molecule has 2 aromatic carbocycles. The average Bonchev–Trinajstić information content (AvgIpc) is 3.07. The Bertz CT molecular complexity index is 1260. The molecular weight excluding hydrogens is 452 g/mol. The summed E-state index contributed by atoms with van der Waals surface area (Å²) in [5, 5.41) is 7.08. The molecule has 1 heterocycles. The minimum atomic E-state index is -4.05. The van der Waals surface area contributed by atoms with E-state index in [0.717, 1.165) is 15.4 Å². The van der Waals surface area contributed by atoms with Gasteiger partial charge in [-0.2, -0.15) is 5.10 Å². The van der Waals surface area contributed by atoms with E-state index in [2.05, 4.69) is 24.3 Å². The molecule has 1 aromatic heterocycles. The minimum absolute atomic E-state index is 0.114. The molecule has 34 heavy (non-hydrogen) atoms. The normalized spacial score (nSPS) is 11.5. The topological polar surface area (TPSA) is 93.5 Å². The molecule has 3 rings (SSSR count). The zero-order valence-corrected chi connectivity index (χ0v) is 21.3. The smallest absolute Gasteiger partial charge is 0.268 e. The van der Waals surface area contributed by atoms with Crippen LogP contribution < -0.4 is 14.4 Å². The molecule has 0 fully saturated rings. The van der Waals surface area contributed by atoms with E-state index >= 15 is 0 Å². The number of aryl methyl sites for hydroxylation is 2. The SMILES string of the molecule is COc1cccc(CNC(=O)CN(c2ccc(C(C)C)cc2)S(=O)(=O)c2c(C)nn(C)c2C)c1. The molecule has 3 aromatic rings. The quantitative estimate of drug-likeness (QED) is 0.500. The lowest BCUT2D eigenvalue weighted by Crippen LogP contribution is -2.41. The van der Waals surface area contributed by atoms with Crippen LogP contribution >= 0.6 is 0 Å². The molecule has 1 N–H and O–H groups in total. The van der Waals surface area contributed by atoms with Crippen molar-refractivity contribution in [2.24, 2.45) is 7.05 Å². The monoisotopic (exact) mass is 484 g/mol. The van der Waals surface area contributed by atoms with Crippen LogP contribution in [0.5, 0.6) is 5.75 Å². The molecule has 182 valence electrons. The number of nitrogens with one attached hydrogen (secondary N) is 1. The van der Waals surface area contributed by atoms with Gasteiger partial charge < -0.3 is 10.1 Å². The second kappa shape index (κ2) is 10.3. The lowest BCUT2D eigenvalue weighted by molar-refractivity contribution is -0.119. The van der Waals surface area contributed by atoms with Crippen LogP contribution in [-0.2, 0) is 28.4 Å². The van der Waals surface area contributed by atoms with Crippen LogP contribution in [0.2, 0.25) is 0 Å². The van der Waals surface area contributed by atoms with Gasteiger partial charge in [0.05, 0.1) is 24.2 Å². The van der Waals surface area contributed by atoms with Crippen LogP contribution in [0.15, 0.2) is 53.4 Å². The van der Waals surface area contributed by atoms with Crippen LogP contribution in [0.25, 0.3) is 0 Å². The van der Waals surface area contributed by atoms with Gasteiger partial charge in [0.25, 0.3) is 10.0 Å². The number of carbonyl (C=O) groups excluding carboxylic acids is 1. The van der Waals surface area contributed by atoms with Gasteiger partial charge in [-0.05, 0) is 55.2 Å². The summed E-state index contributed by atoms with van der Waals surface area (Å²) >= 11 is 0. The van der Waals surface area contributed by atoms with Crippen molar-refractivity contribution in [1.29, 1.82) is 0 Å². The number of amides is 1. The number of nitrogens with zero attached hydrogens (tertiary/aromatic N) is 3. The fraction of sp³-hybridized carbons (Fsp3) is 0.360. The van der Waals surface area contributed by atoms with Crippen molar-refractivity contribution in [2.75, 3.05) is 18.0 Å². The van der Waals surface area contributed by atoms with Gasteiger partial charge in [0.15, 0.2) is 0 Å². The molecule has 8 nitrogen and oxygen atoms in total. The summed E-state index contributed by atoms with van der Waals surface area (Å²) in [6, 6.07) is 14.6. The Labute approximate surface area is 201 Å². The molecule has 0 saturated carbocycles. The Morgan fingerprint density at radius 3 is 2.38 bits per heavy atom. The van der Waals surface area contributed by atoms with Crippen molar-refractivity contribution in [1.82, 2.24) is 15.1 Å². The molecule has 0 unspecified atom stereocenters. The zero-order valence-electron chi connectivity index (χ0n) is 20.5. The summed E-state index contributed by atoms with van der Waals surface area (Å²) in [5.41, 5.74) is 3.25. The molecular formula is C25H32N4O4S. The van der Waals surface area contributed by atoms with Crippen molar-refractivity contribution in [2.45, 2.75) is 45.1 Å². The van der Waals surface area contributed by atoms with Gasteiger partial charge in [-0.15, -0.1) is 0 Å². The second-order valence-electron chi connectivity index (χ2n) is 8.51. The first-order valence-electron chi connectivity index (χ1n) is 11.1. The number of hydrogen-bond donors (Lipinski definition) is 1. The van der Waals surface area contributed by atoms with E-state index in [-0.39, 0.29) is 18.0 Å². The Morgan fingerprint density at radius 1 is 1.15 bits per heavy atom. The van der Waals surface area contributed by atoms with Gasteiger partial charge in [-0.3, -0.25) is 13.8 Å². The number of carbonyl (C=O) groups is 1. The highest BCUT2D eigenvalue weighted by atomic mass is 32.2. The number of sulfonamides is 1. The summed E-state index contributed by atoms with van der Waals surface area (Å²) in [6.07, 6.45) is 0. The lowest BCUT2D eigenvalue weighted by Gasteiger charge is -2.25. The fourth-order valence-electron chi connectivity index (χ4n) is 3.75. The zero-order chi connectivity index (χ0) is 25.0. The predicted octanol–water partition coefficient (Wildman–Crippen LogP) is 3.68. The second-order valence-corrected chi connectivity index (χ2v) is 10.3. The maximum atomic E-state index is 13.8. The van der Waals surface area contributed by atoms with E-state index in [0.29, 0.717) is 28.7 Å². The van der Waals surface area contributed by atoms with Crippen molar-refractivity contribution in [3.8, 4) is 5.75 Å². The van der Waals surface area contributed by atoms with Crippen LogP contribution in [0, 0.1) is 13.8 Å². The Balaban J connectivity index is 1.92. The van der Waals surface area contributed by atoms with Crippen molar-refractivity contribution >= 4 is 21.6 Å². The molecule has 0 aliphatic rings. The predicted molar refractivity (Wildman–Crippen MR) is 133 cm³/mol. The standard InChI is InChI=1S/C25H32N4O4S/c1-17(2)21-10-12-22(13-11-21)29(34(31,32)25-18(3)27-28(5)19(25)4)16-24(30)26-15-20-8-7-9-23(14-20)33-6/h7-14,17H,15-16H2,1-6H3,(H,26,30). The molecule has 1 amide bonds. The highest BCUT2D eigenvalue weighted by Crippen LogP contribution is 2.29. The van der Waals surface area contributed by atoms with Gasteiger partial charge in [0.1, 0.15) is 17.2 Å². The van der Waals surface area contributed by atoms with Gasteiger partial charge in [0.2, 0.25) is 5.91 Å². The maximum absolute atomic E-state index is 13.8. The highest BCUT2D eigenvalue weighted by molar-refractivity contribution is 7.93. The first-order chi connectivity index (χ1) is 16.0. The Hall–Kier alpha value is -3.33. The van der Waals surface area contributed by atoms with Crippen molar-refractivity contribution in [3.63, 3.8) is 0 Å². The maximum Gasteiger partial charge on any atom is 0.268 e. The molecule has 0 aliphatic carbocycles. The molecule has 0 bridgehead atoms. The van der Waals surface area contributed by atoms with E-state index in [1.54, 1.807) is 40.1 Å². The molecule has 0 saturated heterocycles. The molecule has 0 aliphatic heterocycles. The summed E-state index contributed by atoms with van der Waals surface area (Å²) in [4.78, 5) is 13.0. The molecule has 0 radical (unpaired) electrons. The van der Waals surface area contributed by atoms with Gasteiger partial charge in [-0.1, -0.05) is 38.1 Å². The highest BCUT2D eigenvalue weighted by Gasteiger charge is 2.32. The average molecular weight is 485 g/mol. The lowest BCUT2D eigenvalue weighted by atomic mass is 10.0. The van der Waals surface area contributed by atoms with Crippen LogP contribution in [0.3, 0.4) is 0 Å². The number of hydrogen-bond acceptors (Lipinski definition) is 5. The number of ether oxygens (including phenoxy) is 1. The first-order valence-corrected chi connectivity index (χ1v) is 12.5. The molecule has 9 heteroatoms. The minimum Gasteiger partial charge on any atom is -0.497 e. The van der Waals surface area contributed by atoms with E-state index in [4.69, 9.17) is 4.74 Å². The molecule has 0 spiro atoms. The number of anilines is 1. The van der Waals surface area contributed by atoms with E-state index in [1.165, 1.54) is 4.68 Å². The Morgan fingerprint density at radius 2 is 1.82 bits per heavy atom. The number of aromatic nitrogens is 2. The summed E-state index contributed by atoms with van der Waals surface area (Å²) in [6.45, 7) is 7.39. The largest absolute Gasteiger partial charge is 0.497 e. The fourth-order valence-corrected chi connectivity index (χ4v) is 5.57. The third kappa shape index (κ3) is 5.41. The van der Waals surface area contributed by atoms with E-state index < -0.39 is 15.9 Å². The Kier molecular flexibility index (Phi) is 7.66. The molecule has 0 atom stereocenters. The van der Waals surface area contributed by atoms with Gasteiger partial charge in [-0.25, -0.2) is 8.42 Å². The van der Waals surface area contributed by atoms with Gasteiger partial charge >= 0.3 is 0 Å². The first kappa shape index (κ1) is 25.3. The number of benzene rings is 2. The van der Waals surface area contributed by atoms with Crippen LogP contribution in [-0.4, -0.2) is 37.8 Å². The third-order valence-electron chi connectivity index (χ3n) is 5.75. The summed E-state index contributed by atoms with van der Waals surface area (Å²) in [7, 11) is -0.772. The van der Waals surface area contributed by atoms with Crippen LogP contribution in [0.1, 0.15) is 42.3 Å². The van der Waals surface area contributed by atoms with Crippen LogP contribution in [0.4, 0.5) is 5.69 Å². The third-order valence-corrected chi connectivity index (χ3v) is 7.78. The summed E-state index contributed by atoms with van der Waals surface area (Å²) in [5.74, 6) is 0.565. The number of methoxy groups -OCH3 is 1. The van der Waals surface area contributed by atoms with E-state index in [9.17, 15) is 13.2 Å². The summed E-state index contributed by atoms with van der Waals surface area (Å²) < 4.78 is 35.5. The van der Waals surface area contributed by atoms with Crippen molar-refractivity contribution < 1.29 is 17.9 Å². The van der Waals surface area contributed by atoms with Gasteiger partial charge in [0, 0.05) is 13.6 Å². The van der Waals surface area contributed by atoms with E-state index in [1.807, 2.05) is 36.4 Å².